The Labute approximate surface area is 261 Å². The van der Waals surface area contributed by atoms with Crippen molar-refractivity contribution in [3.63, 3.8) is 0 Å². The highest BCUT2D eigenvalue weighted by Gasteiger charge is 2.22. The lowest BCUT2D eigenvalue weighted by atomic mass is 9.92. The average Bonchev–Trinajstić information content (AvgIpc) is 3.40. The van der Waals surface area contributed by atoms with Crippen LogP contribution in [0.3, 0.4) is 0 Å². The normalized spacial score (nSPS) is 11.9. The Morgan fingerprint density at radius 1 is 0.553 bits per heavy atom. The molecule has 38 heavy (non-hydrogen) atoms. The molecule has 5 rings (SSSR count). The molecule has 6 heteroatoms. The first-order valence-electron chi connectivity index (χ1n) is 13.2. The number of aromatic nitrogens is 4. The van der Waals surface area contributed by atoms with Gasteiger partial charge in [0.15, 0.2) is 22.1 Å². The van der Waals surface area contributed by atoms with Crippen LogP contribution in [0.4, 0.5) is 0 Å². The number of hydrogen-bond acceptors (Lipinski definition) is 0. The lowest BCUT2D eigenvalue weighted by molar-refractivity contribution is -0.673. The van der Waals surface area contributed by atoms with E-state index in [9.17, 15) is 0 Å². The molecule has 0 saturated heterocycles. The van der Waals surface area contributed by atoms with E-state index in [1.54, 1.807) is 0 Å². The van der Waals surface area contributed by atoms with E-state index >= 15 is 0 Å². The molecule has 3 aromatic carbocycles. The molecule has 4 nitrogen and oxygen atoms in total. The number of benzene rings is 3. The fraction of sp³-hybridized carbons (Fsp3) is 0.375. The summed E-state index contributed by atoms with van der Waals surface area (Å²) in [7, 11) is 0. The molecular weight excluding hydrogens is 694 g/mol. The SMILES string of the molecule is CC(C)(C)CC[n+]1cn(-c2cccc(-n3c[n+](CCC(C)(C)C)c4ccccc43)c2)c2ccccc21.[I-].[I-]. The minimum absolute atomic E-state index is 0. The molecule has 202 valence electrons. The van der Waals surface area contributed by atoms with E-state index in [0.29, 0.717) is 10.8 Å². The number of aryl methyl sites for hydroxylation is 2. The van der Waals surface area contributed by atoms with E-state index in [2.05, 4.69) is 145 Å². The van der Waals surface area contributed by atoms with Gasteiger partial charge >= 0.3 is 0 Å². The molecule has 2 heterocycles. The number of halogens is 2. The van der Waals surface area contributed by atoms with E-state index < -0.39 is 0 Å². The molecule has 0 amide bonds. The molecule has 5 aromatic rings. The van der Waals surface area contributed by atoms with Crippen LogP contribution in [-0.4, -0.2) is 9.13 Å². The summed E-state index contributed by atoms with van der Waals surface area (Å²) in [4.78, 5) is 0. The third-order valence-corrected chi connectivity index (χ3v) is 7.00. The van der Waals surface area contributed by atoms with Gasteiger partial charge in [0, 0.05) is 6.07 Å². The molecule has 0 saturated carbocycles. The largest absolute Gasteiger partial charge is 1.00 e. The number of imidazole rings is 2. The summed E-state index contributed by atoms with van der Waals surface area (Å²) in [5, 5.41) is 0. The summed E-state index contributed by atoms with van der Waals surface area (Å²) in [5.74, 6) is 0. The number of hydrogen-bond donors (Lipinski definition) is 0. The van der Waals surface area contributed by atoms with Crippen LogP contribution in [0.2, 0.25) is 0 Å². The highest BCUT2D eigenvalue weighted by molar-refractivity contribution is 5.76. The molecule has 0 aliphatic heterocycles. The Morgan fingerprint density at radius 2 is 0.947 bits per heavy atom. The molecule has 0 radical (unpaired) electrons. The molecule has 0 aliphatic carbocycles. The van der Waals surface area contributed by atoms with Gasteiger partial charge in [-0.05, 0) is 60.1 Å². The van der Waals surface area contributed by atoms with E-state index in [1.165, 1.54) is 33.4 Å². The highest BCUT2D eigenvalue weighted by Crippen LogP contribution is 2.24. The maximum atomic E-state index is 2.40. The Hall–Kier alpha value is -1.94. The highest BCUT2D eigenvalue weighted by atomic mass is 127. The van der Waals surface area contributed by atoms with Gasteiger partial charge in [-0.15, -0.1) is 0 Å². The van der Waals surface area contributed by atoms with Crippen molar-refractivity contribution >= 4 is 22.1 Å². The van der Waals surface area contributed by atoms with Crippen LogP contribution in [0, 0.1) is 10.8 Å². The predicted octanol–water partition coefficient (Wildman–Crippen LogP) is 1.03. The fourth-order valence-corrected chi connectivity index (χ4v) is 4.82. The van der Waals surface area contributed by atoms with Gasteiger partial charge in [0.2, 0.25) is 12.7 Å². The number of para-hydroxylation sites is 4. The van der Waals surface area contributed by atoms with Gasteiger partial charge in [-0.2, -0.15) is 9.13 Å². The molecule has 0 aliphatic rings. The topological polar surface area (TPSA) is 17.6 Å². The van der Waals surface area contributed by atoms with Crippen LogP contribution >= 0.6 is 0 Å². The van der Waals surface area contributed by atoms with Crippen LogP contribution in [0.5, 0.6) is 0 Å². The lowest BCUT2D eigenvalue weighted by Crippen LogP contribution is -3.00. The summed E-state index contributed by atoms with van der Waals surface area (Å²) in [6.45, 7) is 15.9. The summed E-state index contributed by atoms with van der Waals surface area (Å²) < 4.78 is 9.47. The van der Waals surface area contributed by atoms with Crippen LogP contribution in [0.15, 0.2) is 85.5 Å². The van der Waals surface area contributed by atoms with Crippen molar-refractivity contribution in [1.82, 2.24) is 9.13 Å². The Kier molecular flexibility index (Phi) is 9.72. The van der Waals surface area contributed by atoms with Gasteiger partial charge < -0.3 is 48.0 Å². The van der Waals surface area contributed by atoms with Gasteiger partial charge in [0.1, 0.15) is 11.4 Å². The molecule has 0 bridgehead atoms. The first-order valence-corrected chi connectivity index (χ1v) is 13.2. The third-order valence-electron chi connectivity index (χ3n) is 7.00. The van der Waals surface area contributed by atoms with Crippen molar-refractivity contribution < 1.29 is 57.1 Å². The number of fused-ring (bicyclic) bond motifs is 2. The fourth-order valence-electron chi connectivity index (χ4n) is 4.82. The first-order chi connectivity index (χ1) is 17.1. The number of rotatable bonds is 6. The monoisotopic (exact) mass is 734 g/mol. The second-order valence-corrected chi connectivity index (χ2v) is 12.5. The molecular formula is C32H40I2N4. The Bertz CT molecular complexity index is 1410. The maximum absolute atomic E-state index is 2.40. The van der Waals surface area contributed by atoms with E-state index in [0.717, 1.165) is 25.9 Å². The standard InChI is InChI=1S/C32H40N4.2HI/c1-31(2,3)18-20-33-23-35(29-16-9-7-14-27(29)33)25-12-11-13-26(22-25)36-24-34(21-19-32(4,5)6)28-15-8-10-17-30(28)36;;/h7-17,22-24H,18-21H2,1-6H3;2*1H/q+2;;/p-2. The Morgan fingerprint density at radius 3 is 1.34 bits per heavy atom. The molecule has 0 spiro atoms. The quantitative estimate of drug-likeness (QED) is 0.184. The lowest BCUT2D eigenvalue weighted by Gasteiger charge is -2.16. The second-order valence-electron chi connectivity index (χ2n) is 12.5. The van der Waals surface area contributed by atoms with Crippen molar-refractivity contribution in [2.75, 3.05) is 0 Å². The minimum Gasteiger partial charge on any atom is -1.00 e. The van der Waals surface area contributed by atoms with Gasteiger partial charge in [-0.25, -0.2) is 9.13 Å². The van der Waals surface area contributed by atoms with Crippen LogP contribution in [-0.2, 0) is 13.1 Å². The van der Waals surface area contributed by atoms with E-state index in [4.69, 9.17) is 0 Å². The third kappa shape index (κ3) is 6.79. The van der Waals surface area contributed by atoms with Gasteiger partial charge in [-0.3, -0.25) is 0 Å². The van der Waals surface area contributed by atoms with Crippen LogP contribution in [0.1, 0.15) is 54.4 Å². The van der Waals surface area contributed by atoms with Crippen molar-refractivity contribution in [3.05, 3.63) is 85.5 Å². The van der Waals surface area contributed by atoms with Gasteiger partial charge in [0.25, 0.3) is 0 Å². The molecule has 2 aromatic heterocycles. The maximum Gasteiger partial charge on any atom is 0.249 e. The van der Waals surface area contributed by atoms with Crippen molar-refractivity contribution in [3.8, 4) is 11.4 Å². The smallest absolute Gasteiger partial charge is 0.249 e. The first kappa shape index (κ1) is 30.6. The van der Waals surface area contributed by atoms with Gasteiger partial charge in [0.05, 0.1) is 13.1 Å². The van der Waals surface area contributed by atoms with E-state index in [-0.39, 0.29) is 48.0 Å². The van der Waals surface area contributed by atoms with Crippen LogP contribution in [0.25, 0.3) is 33.4 Å². The summed E-state index contributed by atoms with van der Waals surface area (Å²) >= 11 is 0. The second kappa shape index (κ2) is 12.1. The molecule has 0 fully saturated rings. The average molecular weight is 735 g/mol. The van der Waals surface area contributed by atoms with E-state index in [1.807, 2.05) is 0 Å². The predicted molar refractivity (Wildman–Crippen MR) is 149 cm³/mol. The van der Waals surface area contributed by atoms with Crippen molar-refractivity contribution in [2.24, 2.45) is 10.8 Å². The van der Waals surface area contributed by atoms with Gasteiger partial charge in [-0.1, -0.05) is 71.9 Å². The number of nitrogens with zero attached hydrogens (tertiary/aromatic N) is 4. The summed E-state index contributed by atoms with van der Waals surface area (Å²) in [6.07, 6.45) is 6.81. The summed E-state index contributed by atoms with van der Waals surface area (Å²) in [5.41, 5.74) is 7.98. The van der Waals surface area contributed by atoms with Crippen molar-refractivity contribution in [1.29, 1.82) is 0 Å². The molecule has 0 N–H and O–H groups in total. The Balaban J connectivity index is 0.00000200. The minimum atomic E-state index is 0. The molecule has 0 unspecified atom stereocenters. The molecule has 0 atom stereocenters. The zero-order valence-corrected chi connectivity index (χ0v) is 27.8. The summed E-state index contributed by atoms with van der Waals surface area (Å²) in [6, 6.07) is 26.4. The van der Waals surface area contributed by atoms with Crippen LogP contribution < -0.4 is 57.1 Å². The van der Waals surface area contributed by atoms with Crippen molar-refractivity contribution in [2.45, 2.75) is 67.5 Å². The zero-order valence-electron chi connectivity index (χ0n) is 23.5. The zero-order chi connectivity index (χ0) is 25.5.